The van der Waals surface area contributed by atoms with Crippen LogP contribution in [-0.4, -0.2) is 61.7 Å². The van der Waals surface area contributed by atoms with Crippen LogP contribution in [-0.2, 0) is 16.0 Å². The number of phenols is 1. The van der Waals surface area contributed by atoms with E-state index < -0.39 is 34.9 Å². The Bertz CT molecular complexity index is 1170. The highest BCUT2D eigenvalue weighted by atomic mass is 35.5. The minimum absolute atomic E-state index is 0.0116. The van der Waals surface area contributed by atoms with Gasteiger partial charge >= 0.3 is 5.97 Å². The van der Waals surface area contributed by atoms with Gasteiger partial charge in [-0.05, 0) is 74.9 Å². The highest BCUT2D eigenvalue weighted by Gasteiger charge is 2.60. The van der Waals surface area contributed by atoms with Gasteiger partial charge in [0.2, 0.25) is 5.91 Å². The van der Waals surface area contributed by atoms with Gasteiger partial charge in [0.15, 0.2) is 0 Å². The lowest BCUT2D eigenvalue weighted by atomic mass is 10.00. The van der Waals surface area contributed by atoms with Gasteiger partial charge in [0, 0.05) is 24.1 Å². The molecule has 1 heterocycles. The molecule has 0 radical (unpaired) electrons. The molecule has 0 aliphatic carbocycles. The minimum atomic E-state index is -2.71. The molecular formula is C26H31ClN2O6. The number of alkyl halides is 1. The van der Waals surface area contributed by atoms with Gasteiger partial charge in [-0.2, -0.15) is 0 Å². The van der Waals surface area contributed by atoms with E-state index in [1.54, 1.807) is 13.8 Å². The summed E-state index contributed by atoms with van der Waals surface area (Å²) >= 11 is 6.36. The molecule has 2 unspecified atom stereocenters. The van der Waals surface area contributed by atoms with Gasteiger partial charge in [-0.3, -0.25) is 9.59 Å². The number of rotatable bonds is 7. The van der Waals surface area contributed by atoms with Crippen LogP contribution in [0.5, 0.6) is 5.75 Å². The van der Waals surface area contributed by atoms with Crippen molar-refractivity contribution in [1.29, 1.82) is 0 Å². The Kier molecular flexibility index (Phi) is 7.77. The number of aryl methyl sites for hydroxylation is 4. The number of amides is 2. The van der Waals surface area contributed by atoms with Crippen molar-refractivity contribution in [1.82, 2.24) is 10.2 Å². The van der Waals surface area contributed by atoms with Crippen molar-refractivity contribution >= 4 is 29.4 Å². The number of benzene rings is 2. The number of likely N-dealkylation sites (tertiary alicyclic amines) is 1. The second-order valence-electron chi connectivity index (χ2n) is 9.23. The molecule has 0 saturated carbocycles. The lowest BCUT2D eigenvalue weighted by Crippen LogP contribution is -2.63. The summed E-state index contributed by atoms with van der Waals surface area (Å²) in [6.07, 6.45) is 1.09. The molecule has 0 aromatic heterocycles. The number of halogens is 1. The Morgan fingerprint density at radius 3 is 2.43 bits per heavy atom. The van der Waals surface area contributed by atoms with Crippen LogP contribution in [0.15, 0.2) is 30.3 Å². The molecule has 2 amide bonds. The fraction of sp³-hybridized carbons (Fsp3) is 0.423. The fourth-order valence-electron chi connectivity index (χ4n) is 4.40. The van der Waals surface area contributed by atoms with Crippen molar-refractivity contribution in [3.05, 3.63) is 63.7 Å². The molecular weight excluding hydrogens is 472 g/mol. The van der Waals surface area contributed by atoms with E-state index >= 15 is 0 Å². The molecule has 3 atom stereocenters. The Hall–Kier alpha value is -3.10. The maximum absolute atomic E-state index is 13.0. The number of aliphatic carboxylic acids is 1. The van der Waals surface area contributed by atoms with Gasteiger partial charge in [0.25, 0.3) is 11.6 Å². The van der Waals surface area contributed by atoms with Crippen LogP contribution in [0.3, 0.4) is 0 Å². The number of phenolic OH excluding ortho intramolecular Hbond substituents is 1. The number of carboxylic acid groups (broad SMARTS) is 1. The SMILES string of the molecule is Cc1cc(O)c(C)c(C(=O)NC2C(Cl)CN(C(=O)CCCc3ccc(C)c(C)c3)[C@]2(O)C(=O)O)c1. The Balaban J connectivity index is 1.75. The molecule has 2 aromatic carbocycles. The summed E-state index contributed by atoms with van der Waals surface area (Å²) in [4.78, 5) is 38.9. The summed E-state index contributed by atoms with van der Waals surface area (Å²) in [5, 5.41) is 32.5. The highest BCUT2D eigenvalue weighted by Crippen LogP contribution is 2.33. The molecule has 4 N–H and O–H groups in total. The van der Waals surface area contributed by atoms with E-state index in [1.165, 1.54) is 17.7 Å². The summed E-state index contributed by atoms with van der Waals surface area (Å²) in [7, 11) is 0. The first kappa shape index (κ1) is 26.5. The van der Waals surface area contributed by atoms with E-state index in [0.717, 1.165) is 16.0 Å². The monoisotopic (exact) mass is 502 g/mol. The van der Waals surface area contributed by atoms with Gasteiger partial charge in [-0.1, -0.05) is 18.2 Å². The van der Waals surface area contributed by atoms with Gasteiger partial charge in [-0.25, -0.2) is 4.79 Å². The number of hydrogen-bond acceptors (Lipinski definition) is 5. The highest BCUT2D eigenvalue weighted by molar-refractivity contribution is 6.22. The van der Waals surface area contributed by atoms with Crippen molar-refractivity contribution in [2.45, 2.75) is 64.1 Å². The van der Waals surface area contributed by atoms with E-state index in [0.29, 0.717) is 24.0 Å². The van der Waals surface area contributed by atoms with Crippen molar-refractivity contribution < 1.29 is 29.7 Å². The summed E-state index contributed by atoms with van der Waals surface area (Å²) < 4.78 is 0. The fourth-order valence-corrected chi connectivity index (χ4v) is 4.78. The lowest BCUT2D eigenvalue weighted by Gasteiger charge is -2.34. The van der Waals surface area contributed by atoms with E-state index in [4.69, 9.17) is 11.6 Å². The van der Waals surface area contributed by atoms with Crippen molar-refractivity contribution in [2.75, 3.05) is 6.54 Å². The topological polar surface area (TPSA) is 127 Å². The average molecular weight is 503 g/mol. The van der Waals surface area contributed by atoms with Crippen LogP contribution < -0.4 is 5.32 Å². The van der Waals surface area contributed by atoms with Gasteiger partial charge in [-0.15, -0.1) is 11.6 Å². The zero-order valence-electron chi connectivity index (χ0n) is 20.3. The minimum Gasteiger partial charge on any atom is -0.508 e. The number of nitrogens with one attached hydrogen (secondary N) is 1. The van der Waals surface area contributed by atoms with Crippen LogP contribution in [0.1, 0.15) is 51.0 Å². The molecule has 3 rings (SSSR count). The second-order valence-corrected chi connectivity index (χ2v) is 9.79. The lowest BCUT2D eigenvalue weighted by molar-refractivity contribution is -0.185. The summed E-state index contributed by atoms with van der Waals surface area (Å²) in [5.41, 5.74) is 1.72. The van der Waals surface area contributed by atoms with Crippen LogP contribution >= 0.6 is 11.6 Å². The molecule has 35 heavy (non-hydrogen) atoms. The number of carboxylic acids is 1. The standard InChI is InChI=1S/C26H31ClN2O6/c1-14-10-19(17(4)21(30)11-14)24(32)28-23-20(27)13-29(26(23,35)25(33)34)22(31)7-5-6-18-9-8-15(2)16(3)12-18/h8-12,20,23,30,35H,5-7,13H2,1-4H3,(H,28,32)(H,33,34)/t20?,23?,26-/m1/s1. The normalized spacial score (nSPS) is 21.7. The summed E-state index contributed by atoms with van der Waals surface area (Å²) in [6, 6.07) is 7.63. The second kappa shape index (κ2) is 10.3. The smallest absolute Gasteiger partial charge is 0.359 e. The molecule has 1 aliphatic heterocycles. The van der Waals surface area contributed by atoms with E-state index in [9.17, 15) is 29.7 Å². The first-order valence-corrected chi connectivity index (χ1v) is 11.9. The Labute approximate surface area is 209 Å². The summed E-state index contributed by atoms with van der Waals surface area (Å²) in [5.74, 6) is -3.04. The largest absolute Gasteiger partial charge is 0.508 e. The van der Waals surface area contributed by atoms with Crippen molar-refractivity contribution in [2.24, 2.45) is 0 Å². The number of aliphatic hydroxyl groups is 1. The first-order chi connectivity index (χ1) is 16.4. The maximum Gasteiger partial charge on any atom is 0.359 e. The summed E-state index contributed by atoms with van der Waals surface area (Å²) in [6.45, 7) is 7.03. The van der Waals surface area contributed by atoms with Gasteiger partial charge < -0.3 is 25.5 Å². The molecule has 1 fully saturated rings. The molecule has 1 aliphatic rings. The quantitative estimate of drug-likeness (QED) is 0.431. The first-order valence-electron chi connectivity index (χ1n) is 11.4. The Morgan fingerprint density at radius 2 is 1.80 bits per heavy atom. The third-order valence-corrected chi connectivity index (χ3v) is 7.05. The number of carbonyl (C=O) groups excluding carboxylic acids is 2. The predicted molar refractivity (Wildman–Crippen MR) is 132 cm³/mol. The number of aromatic hydroxyl groups is 1. The van der Waals surface area contributed by atoms with Crippen LogP contribution in [0.25, 0.3) is 0 Å². The molecule has 0 spiro atoms. The Morgan fingerprint density at radius 1 is 1.11 bits per heavy atom. The maximum atomic E-state index is 13.0. The van der Waals surface area contributed by atoms with E-state index in [-0.39, 0.29) is 24.3 Å². The predicted octanol–water partition coefficient (Wildman–Crippen LogP) is 2.97. The molecule has 0 bridgehead atoms. The molecule has 2 aromatic rings. The molecule has 8 nitrogen and oxygen atoms in total. The average Bonchev–Trinajstić information content (AvgIpc) is 3.04. The third-order valence-electron chi connectivity index (χ3n) is 6.66. The van der Waals surface area contributed by atoms with Crippen molar-refractivity contribution in [3.63, 3.8) is 0 Å². The zero-order chi connectivity index (χ0) is 26.1. The van der Waals surface area contributed by atoms with Gasteiger partial charge in [0.1, 0.15) is 11.8 Å². The number of nitrogens with zero attached hydrogens (tertiary/aromatic N) is 1. The van der Waals surface area contributed by atoms with Crippen LogP contribution in [0.2, 0.25) is 0 Å². The molecule has 1 saturated heterocycles. The number of carbonyl (C=O) groups is 3. The van der Waals surface area contributed by atoms with Gasteiger partial charge in [0.05, 0.1) is 5.38 Å². The van der Waals surface area contributed by atoms with Crippen molar-refractivity contribution in [3.8, 4) is 5.75 Å². The van der Waals surface area contributed by atoms with E-state index in [1.807, 2.05) is 26.0 Å². The van der Waals surface area contributed by atoms with E-state index in [2.05, 4.69) is 11.4 Å². The molecule has 188 valence electrons. The van der Waals surface area contributed by atoms with Crippen LogP contribution in [0, 0.1) is 27.7 Å². The number of hydrogen-bond donors (Lipinski definition) is 4. The zero-order valence-corrected chi connectivity index (χ0v) is 21.0. The van der Waals surface area contributed by atoms with Crippen LogP contribution in [0.4, 0.5) is 0 Å². The molecule has 9 heteroatoms. The third kappa shape index (κ3) is 5.28.